The number of hydrogen-bond donors (Lipinski definition) is 1. The first-order valence-corrected chi connectivity index (χ1v) is 6.54. The van der Waals surface area contributed by atoms with E-state index in [-0.39, 0.29) is 0 Å². The number of aliphatic hydroxyl groups is 1. The SMILES string of the molecule is CC1CCC(O)(C2=CCCCC2)CC1C. The molecule has 3 atom stereocenters. The van der Waals surface area contributed by atoms with Crippen molar-refractivity contribution in [2.24, 2.45) is 11.8 Å². The van der Waals surface area contributed by atoms with Crippen LogP contribution in [0.2, 0.25) is 0 Å². The first-order chi connectivity index (χ1) is 7.12. The Morgan fingerprint density at radius 3 is 2.67 bits per heavy atom. The molecule has 0 aromatic heterocycles. The predicted molar refractivity (Wildman–Crippen MR) is 63.7 cm³/mol. The smallest absolute Gasteiger partial charge is 0.0859 e. The molecule has 1 nitrogen and oxygen atoms in total. The zero-order chi connectivity index (χ0) is 10.9. The van der Waals surface area contributed by atoms with Crippen molar-refractivity contribution < 1.29 is 5.11 Å². The van der Waals surface area contributed by atoms with Crippen LogP contribution in [0.3, 0.4) is 0 Å². The molecule has 1 fully saturated rings. The van der Waals surface area contributed by atoms with Crippen molar-refractivity contribution in [1.82, 2.24) is 0 Å². The summed E-state index contributed by atoms with van der Waals surface area (Å²) in [5, 5.41) is 10.7. The molecule has 0 bridgehead atoms. The molecule has 0 amide bonds. The lowest BCUT2D eigenvalue weighted by Gasteiger charge is -2.41. The zero-order valence-corrected chi connectivity index (χ0v) is 10.1. The molecule has 3 unspecified atom stereocenters. The van der Waals surface area contributed by atoms with Gasteiger partial charge in [0.05, 0.1) is 5.60 Å². The molecule has 0 aromatic rings. The van der Waals surface area contributed by atoms with Crippen LogP contribution in [0.5, 0.6) is 0 Å². The lowest BCUT2D eigenvalue weighted by Crippen LogP contribution is -2.39. The molecule has 86 valence electrons. The Labute approximate surface area is 93.6 Å². The summed E-state index contributed by atoms with van der Waals surface area (Å²) in [5.74, 6) is 1.46. The summed E-state index contributed by atoms with van der Waals surface area (Å²) in [4.78, 5) is 0. The van der Waals surface area contributed by atoms with E-state index in [1.165, 1.54) is 31.3 Å². The third-order valence-corrected chi connectivity index (χ3v) is 4.53. The maximum Gasteiger partial charge on any atom is 0.0859 e. The molecule has 0 spiro atoms. The fourth-order valence-corrected chi connectivity index (χ4v) is 3.14. The molecule has 2 rings (SSSR count). The quantitative estimate of drug-likeness (QED) is 0.652. The van der Waals surface area contributed by atoms with Crippen molar-refractivity contribution in [2.45, 2.75) is 64.4 Å². The van der Waals surface area contributed by atoms with Gasteiger partial charge in [0.25, 0.3) is 0 Å². The van der Waals surface area contributed by atoms with Gasteiger partial charge >= 0.3 is 0 Å². The van der Waals surface area contributed by atoms with Gasteiger partial charge < -0.3 is 5.11 Å². The van der Waals surface area contributed by atoms with Crippen LogP contribution in [0.25, 0.3) is 0 Å². The van der Waals surface area contributed by atoms with Gasteiger partial charge in [-0.1, -0.05) is 19.9 Å². The summed E-state index contributed by atoms with van der Waals surface area (Å²) in [6, 6.07) is 0. The first kappa shape index (κ1) is 11.2. The Morgan fingerprint density at radius 1 is 1.27 bits per heavy atom. The third-order valence-electron chi connectivity index (χ3n) is 4.53. The Balaban J connectivity index is 2.09. The van der Waals surface area contributed by atoms with Crippen LogP contribution in [0, 0.1) is 11.8 Å². The molecule has 1 saturated carbocycles. The van der Waals surface area contributed by atoms with Crippen molar-refractivity contribution >= 4 is 0 Å². The monoisotopic (exact) mass is 208 g/mol. The van der Waals surface area contributed by atoms with Gasteiger partial charge in [0.15, 0.2) is 0 Å². The molecule has 2 aliphatic carbocycles. The van der Waals surface area contributed by atoms with E-state index < -0.39 is 5.60 Å². The van der Waals surface area contributed by atoms with Crippen molar-refractivity contribution in [3.63, 3.8) is 0 Å². The molecule has 1 heteroatoms. The molecule has 15 heavy (non-hydrogen) atoms. The van der Waals surface area contributed by atoms with Crippen molar-refractivity contribution in [3.8, 4) is 0 Å². The molecule has 0 heterocycles. The Kier molecular flexibility index (Phi) is 3.20. The summed E-state index contributed by atoms with van der Waals surface area (Å²) in [7, 11) is 0. The normalized spacial score (nSPS) is 42.5. The summed E-state index contributed by atoms with van der Waals surface area (Å²) in [5.41, 5.74) is 0.916. The van der Waals surface area contributed by atoms with Crippen LogP contribution in [-0.4, -0.2) is 10.7 Å². The summed E-state index contributed by atoms with van der Waals surface area (Å²) in [6.45, 7) is 4.61. The second kappa shape index (κ2) is 4.29. The highest BCUT2D eigenvalue weighted by Gasteiger charge is 2.38. The maximum atomic E-state index is 10.7. The molecule has 0 aromatic carbocycles. The number of rotatable bonds is 1. The molecule has 0 radical (unpaired) electrons. The van der Waals surface area contributed by atoms with Crippen molar-refractivity contribution in [3.05, 3.63) is 11.6 Å². The predicted octanol–water partition coefficient (Wildman–Crippen LogP) is 3.67. The minimum Gasteiger partial charge on any atom is -0.386 e. The van der Waals surface area contributed by atoms with Gasteiger partial charge in [0.1, 0.15) is 0 Å². The second-order valence-electron chi connectivity index (χ2n) is 5.70. The lowest BCUT2D eigenvalue weighted by molar-refractivity contribution is -0.000858. The van der Waals surface area contributed by atoms with E-state index in [1.54, 1.807) is 0 Å². The largest absolute Gasteiger partial charge is 0.386 e. The fourth-order valence-electron chi connectivity index (χ4n) is 3.14. The number of allylic oxidation sites excluding steroid dienone is 1. The summed E-state index contributed by atoms with van der Waals surface area (Å²) < 4.78 is 0. The fraction of sp³-hybridized carbons (Fsp3) is 0.857. The van der Waals surface area contributed by atoms with Crippen LogP contribution >= 0.6 is 0 Å². The zero-order valence-electron chi connectivity index (χ0n) is 10.1. The third kappa shape index (κ3) is 2.28. The van der Waals surface area contributed by atoms with E-state index in [2.05, 4.69) is 19.9 Å². The van der Waals surface area contributed by atoms with Crippen molar-refractivity contribution in [1.29, 1.82) is 0 Å². The van der Waals surface area contributed by atoms with Gasteiger partial charge in [-0.05, 0) is 62.4 Å². The average Bonchev–Trinajstić information content (AvgIpc) is 2.26. The molecule has 0 saturated heterocycles. The van der Waals surface area contributed by atoms with Gasteiger partial charge in [0.2, 0.25) is 0 Å². The Hall–Kier alpha value is -0.300. The van der Waals surface area contributed by atoms with Gasteiger partial charge in [-0.15, -0.1) is 0 Å². The number of hydrogen-bond acceptors (Lipinski definition) is 1. The highest BCUT2D eigenvalue weighted by Crippen LogP contribution is 2.42. The average molecular weight is 208 g/mol. The second-order valence-corrected chi connectivity index (χ2v) is 5.70. The van der Waals surface area contributed by atoms with Gasteiger partial charge in [-0.3, -0.25) is 0 Å². The maximum absolute atomic E-state index is 10.7. The molecule has 0 aliphatic heterocycles. The summed E-state index contributed by atoms with van der Waals surface area (Å²) in [6.07, 6.45) is 10.4. The molecule has 2 aliphatic rings. The summed E-state index contributed by atoms with van der Waals surface area (Å²) >= 11 is 0. The van der Waals surface area contributed by atoms with Gasteiger partial charge in [-0.2, -0.15) is 0 Å². The van der Waals surface area contributed by atoms with Crippen molar-refractivity contribution in [2.75, 3.05) is 0 Å². The van der Waals surface area contributed by atoms with Gasteiger partial charge in [0, 0.05) is 0 Å². The lowest BCUT2D eigenvalue weighted by atomic mass is 9.68. The highest BCUT2D eigenvalue weighted by molar-refractivity contribution is 5.20. The van der Waals surface area contributed by atoms with E-state index in [0.29, 0.717) is 5.92 Å². The van der Waals surface area contributed by atoms with Crippen LogP contribution < -0.4 is 0 Å². The standard InChI is InChI=1S/C14H24O/c1-11-8-9-14(15,10-12(11)2)13-6-4-3-5-7-13/h6,11-12,15H,3-5,7-10H2,1-2H3. The molecular weight excluding hydrogens is 184 g/mol. The highest BCUT2D eigenvalue weighted by atomic mass is 16.3. The van der Waals surface area contributed by atoms with Crippen LogP contribution in [0.1, 0.15) is 58.8 Å². The first-order valence-electron chi connectivity index (χ1n) is 6.54. The van der Waals surface area contributed by atoms with E-state index in [1.807, 2.05) is 0 Å². The van der Waals surface area contributed by atoms with E-state index in [9.17, 15) is 5.11 Å². The van der Waals surface area contributed by atoms with Crippen LogP contribution in [0.15, 0.2) is 11.6 Å². The molecule has 1 N–H and O–H groups in total. The van der Waals surface area contributed by atoms with E-state index in [0.717, 1.165) is 25.2 Å². The van der Waals surface area contributed by atoms with Crippen LogP contribution in [-0.2, 0) is 0 Å². The minimum absolute atomic E-state index is 0.438. The molecular formula is C14H24O. The topological polar surface area (TPSA) is 20.2 Å². The van der Waals surface area contributed by atoms with Crippen LogP contribution in [0.4, 0.5) is 0 Å². The Bertz CT molecular complexity index is 256. The van der Waals surface area contributed by atoms with E-state index in [4.69, 9.17) is 0 Å². The minimum atomic E-state index is -0.438. The van der Waals surface area contributed by atoms with Gasteiger partial charge in [-0.25, -0.2) is 0 Å². The van der Waals surface area contributed by atoms with E-state index >= 15 is 0 Å². The Morgan fingerprint density at radius 2 is 2.07 bits per heavy atom.